The van der Waals surface area contributed by atoms with Gasteiger partial charge in [-0.05, 0) is 0 Å². The highest BCUT2D eigenvalue weighted by atomic mass is 17.1. The summed E-state index contributed by atoms with van der Waals surface area (Å²) in [5, 5.41) is 25.0. The number of rotatable bonds is 7. The van der Waals surface area contributed by atoms with E-state index in [0.717, 1.165) is 0 Å². The van der Waals surface area contributed by atoms with Gasteiger partial charge in [0.2, 0.25) is 0 Å². The van der Waals surface area contributed by atoms with Gasteiger partial charge in [-0.2, -0.15) is 0 Å². The lowest BCUT2D eigenvalue weighted by Gasteiger charge is -2.02. The van der Waals surface area contributed by atoms with Gasteiger partial charge in [-0.3, -0.25) is 9.59 Å². The van der Waals surface area contributed by atoms with Gasteiger partial charge >= 0.3 is 17.9 Å². The molecule has 0 rings (SSSR count). The van der Waals surface area contributed by atoms with E-state index in [0.29, 0.717) is 6.26 Å². The summed E-state index contributed by atoms with van der Waals surface area (Å²) in [7, 11) is 0. The SMILES string of the molecule is C=C(CC(=O)OC=C(CC(=O)O)OO)C(=O)O. The summed E-state index contributed by atoms with van der Waals surface area (Å²) in [4.78, 5) is 35.1. The van der Waals surface area contributed by atoms with Crippen molar-refractivity contribution in [2.45, 2.75) is 12.8 Å². The quantitative estimate of drug-likeness (QED) is 0.193. The molecule has 0 aliphatic carbocycles. The lowest BCUT2D eigenvalue weighted by molar-refractivity contribution is -0.209. The fourth-order valence-corrected chi connectivity index (χ4v) is 0.667. The molecular weight excluding hydrogens is 236 g/mol. The molecule has 3 N–H and O–H groups in total. The van der Waals surface area contributed by atoms with E-state index in [9.17, 15) is 14.4 Å². The number of carboxylic acid groups (broad SMARTS) is 2. The third-order valence-corrected chi connectivity index (χ3v) is 1.42. The first kappa shape index (κ1) is 14.7. The van der Waals surface area contributed by atoms with Crippen LogP contribution in [0.5, 0.6) is 0 Å². The van der Waals surface area contributed by atoms with E-state index in [2.05, 4.69) is 16.2 Å². The summed E-state index contributed by atoms with van der Waals surface area (Å²) in [6, 6.07) is 0. The molecule has 0 saturated carbocycles. The second-order valence-corrected chi connectivity index (χ2v) is 2.82. The van der Waals surface area contributed by atoms with Gasteiger partial charge in [0.05, 0.1) is 6.42 Å². The van der Waals surface area contributed by atoms with Crippen LogP contribution in [-0.2, 0) is 24.0 Å². The zero-order valence-corrected chi connectivity index (χ0v) is 8.58. The van der Waals surface area contributed by atoms with E-state index < -0.39 is 36.5 Å². The van der Waals surface area contributed by atoms with Crippen LogP contribution in [0.2, 0.25) is 0 Å². The molecule has 0 aromatic carbocycles. The Labute approximate surface area is 95.3 Å². The van der Waals surface area contributed by atoms with Gasteiger partial charge in [0.25, 0.3) is 0 Å². The largest absolute Gasteiger partial charge is 0.481 e. The highest BCUT2D eigenvalue weighted by Crippen LogP contribution is 2.05. The Morgan fingerprint density at radius 2 is 1.76 bits per heavy atom. The monoisotopic (exact) mass is 246 g/mol. The van der Waals surface area contributed by atoms with E-state index >= 15 is 0 Å². The second kappa shape index (κ2) is 7.01. The van der Waals surface area contributed by atoms with E-state index in [1.54, 1.807) is 0 Å². The molecule has 0 amide bonds. The number of carboxylic acids is 2. The Bertz CT molecular complexity index is 367. The maximum atomic E-state index is 11.0. The maximum Gasteiger partial charge on any atom is 0.331 e. The second-order valence-electron chi connectivity index (χ2n) is 2.82. The third kappa shape index (κ3) is 6.68. The molecule has 94 valence electrons. The molecule has 0 atom stereocenters. The lowest BCUT2D eigenvalue weighted by Crippen LogP contribution is -2.08. The van der Waals surface area contributed by atoms with E-state index in [4.69, 9.17) is 15.5 Å². The standard InChI is InChI=1S/C9H10O8/c1-5(9(13)14)2-8(12)16-4-6(17-15)3-7(10)11/h4,15H,1-3H2,(H,10,11)(H,13,14). The Morgan fingerprint density at radius 1 is 1.18 bits per heavy atom. The average molecular weight is 246 g/mol. The normalized spacial score (nSPS) is 10.5. The first-order valence-corrected chi connectivity index (χ1v) is 4.19. The summed E-state index contributed by atoms with van der Waals surface area (Å²) >= 11 is 0. The van der Waals surface area contributed by atoms with Crippen molar-refractivity contribution in [3.8, 4) is 0 Å². The molecule has 0 saturated heterocycles. The van der Waals surface area contributed by atoms with Gasteiger partial charge in [-0.25, -0.2) is 10.1 Å². The van der Waals surface area contributed by atoms with Crippen LogP contribution in [0.4, 0.5) is 0 Å². The highest BCUT2D eigenvalue weighted by Gasteiger charge is 2.12. The van der Waals surface area contributed by atoms with E-state index in [-0.39, 0.29) is 5.57 Å². The van der Waals surface area contributed by atoms with Crippen molar-refractivity contribution < 1.29 is 39.5 Å². The summed E-state index contributed by atoms with van der Waals surface area (Å²) in [5.74, 6) is -4.14. The van der Waals surface area contributed by atoms with Crippen molar-refractivity contribution in [1.82, 2.24) is 0 Å². The van der Waals surface area contributed by atoms with Crippen molar-refractivity contribution in [3.63, 3.8) is 0 Å². The minimum atomic E-state index is -1.35. The van der Waals surface area contributed by atoms with E-state index in [1.165, 1.54) is 0 Å². The molecule has 8 heteroatoms. The van der Waals surface area contributed by atoms with Crippen LogP contribution < -0.4 is 0 Å². The summed E-state index contributed by atoms with van der Waals surface area (Å²) in [6.45, 7) is 3.09. The van der Waals surface area contributed by atoms with Crippen molar-refractivity contribution >= 4 is 17.9 Å². The Balaban J connectivity index is 4.28. The molecular formula is C9H10O8. The first-order chi connectivity index (χ1) is 7.86. The third-order valence-electron chi connectivity index (χ3n) is 1.42. The zero-order chi connectivity index (χ0) is 13.4. The molecule has 0 heterocycles. The van der Waals surface area contributed by atoms with Gasteiger partial charge in [-0.15, -0.1) is 0 Å². The lowest BCUT2D eigenvalue weighted by atomic mass is 10.2. The number of carbonyl (C=O) groups excluding carboxylic acids is 1. The Morgan fingerprint density at radius 3 is 2.18 bits per heavy atom. The van der Waals surface area contributed by atoms with Crippen LogP contribution in [0.3, 0.4) is 0 Å². The molecule has 0 fully saturated rings. The Hall–Kier alpha value is -2.35. The summed E-state index contributed by atoms with van der Waals surface area (Å²) < 4.78 is 4.34. The summed E-state index contributed by atoms with van der Waals surface area (Å²) in [5.41, 5.74) is -0.381. The van der Waals surface area contributed by atoms with Crippen LogP contribution in [-0.4, -0.2) is 33.4 Å². The molecule has 8 nitrogen and oxygen atoms in total. The van der Waals surface area contributed by atoms with Crippen LogP contribution in [0.1, 0.15) is 12.8 Å². The zero-order valence-electron chi connectivity index (χ0n) is 8.58. The number of hydrogen-bond donors (Lipinski definition) is 3. The van der Waals surface area contributed by atoms with Gasteiger partial charge in [0.15, 0.2) is 5.76 Å². The maximum absolute atomic E-state index is 11.0. The smallest absolute Gasteiger partial charge is 0.331 e. The fraction of sp³-hybridized carbons (Fsp3) is 0.222. The Kier molecular flexibility index (Phi) is 6.04. The highest BCUT2D eigenvalue weighted by molar-refractivity contribution is 5.91. The number of ether oxygens (including phenoxy) is 1. The number of hydrogen-bond acceptors (Lipinski definition) is 6. The molecule has 0 bridgehead atoms. The average Bonchev–Trinajstić information content (AvgIpc) is 2.23. The minimum Gasteiger partial charge on any atom is -0.481 e. The van der Waals surface area contributed by atoms with Crippen molar-refractivity contribution in [2.75, 3.05) is 0 Å². The van der Waals surface area contributed by atoms with Crippen molar-refractivity contribution in [2.24, 2.45) is 0 Å². The molecule has 0 spiro atoms. The van der Waals surface area contributed by atoms with Gasteiger partial charge in [0.1, 0.15) is 12.7 Å². The van der Waals surface area contributed by atoms with Gasteiger partial charge in [-0.1, -0.05) is 6.58 Å². The number of aliphatic carboxylic acids is 2. The number of carbonyl (C=O) groups is 3. The first-order valence-electron chi connectivity index (χ1n) is 4.19. The van der Waals surface area contributed by atoms with Crippen molar-refractivity contribution in [3.05, 3.63) is 24.2 Å². The topological polar surface area (TPSA) is 130 Å². The van der Waals surface area contributed by atoms with Gasteiger partial charge in [0, 0.05) is 5.57 Å². The molecule has 0 unspecified atom stereocenters. The molecule has 0 aliphatic heterocycles. The summed E-state index contributed by atoms with van der Waals surface area (Å²) in [6.07, 6.45) is -0.688. The molecule has 0 aromatic rings. The van der Waals surface area contributed by atoms with Crippen LogP contribution in [0.15, 0.2) is 24.2 Å². The van der Waals surface area contributed by atoms with Gasteiger partial charge < -0.3 is 19.8 Å². The van der Waals surface area contributed by atoms with Crippen LogP contribution in [0.25, 0.3) is 0 Å². The van der Waals surface area contributed by atoms with Crippen LogP contribution >= 0.6 is 0 Å². The molecule has 0 aliphatic rings. The minimum absolute atomic E-state index is 0.381. The predicted octanol–water partition coefficient (Wildman–Crippen LogP) is 0.366. The molecule has 0 aromatic heterocycles. The predicted molar refractivity (Wildman–Crippen MR) is 51.5 cm³/mol. The van der Waals surface area contributed by atoms with Crippen LogP contribution in [0, 0.1) is 0 Å². The van der Waals surface area contributed by atoms with E-state index in [1.807, 2.05) is 0 Å². The molecule has 17 heavy (non-hydrogen) atoms. The number of esters is 1. The molecule has 0 radical (unpaired) electrons. The van der Waals surface area contributed by atoms with Crippen molar-refractivity contribution in [1.29, 1.82) is 0 Å². The fourth-order valence-electron chi connectivity index (χ4n) is 0.667.